The molecule has 0 bridgehead atoms. The molecule has 0 aliphatic rings. The zero-order chi connectivity index (χ0) is 18.4. The molecule has 0 saturated heterocycles. The molecule has 0 saturated carbocycles. The highest BCUT2D eigenvalue weighted by Crippen LogP contribution is 2.36. The Bertz CT molecular complexity index is 829. The van der Waals surface area contributed by atoms with Crippen LogP contribution in [0, 0.1) is 0 Å². The number of nitrogens with one attached hydrogen (secondary N) is 1. The average Bonchev–Trinajstić information content (AvgIpc) is 3.17. The second kappa shape index (κ2) is 8.72. The van der Waals surface area contributed by atoms with Gasteiger partial charge in [0.1, 0.15) is 5.25 Å². The lowest BCUT2D eigenvalue weighted by Gasteiger charge is -2.24. The highest BCUT2D eigenvalue weighted by atomic mass is 32.2. The van der Waals surface area contributed by atoms with Crippen LogP contribution < -0.4 is 0 Å². The molecule has 5 heteroatoms. The predicted octanol–water partition coefficient (Wildman–Crippen LogP) is 4.78. The zero-order valence-corrected chi connectivity index (χ0v) is 15.9. The standard InChI is InChI=1S/C21H23N3OS/c1-3-24(4-2)20(25)19(17-13-9-6-10-14-17)26-21-22-15-18(23-21)16-11-7-5-8-12-16/h5-15,19H,3-4H2,1-2H3,(H,22,23)/t19-/m0/s1. The van der Waals surface area contributed by atoms with E-state index in [9.17, 15) is 4.79 Å². The molecule has 1 N–H and O–H groups in total. The van der Waals surface area contributed by atoms with E-state index in [1.165, 1.54) is 11.8 Å². The van der Waals surface area contributed by atoms with E-state index in [2.05, 4.69) is 9.97 Å². The van der Waals surface area contributed by atoms with Crippen molar-refractivity contribution in [1.29, 1.82) is 0 Å². The maximum Gasteiger partial charge on any atom is 0.240 e. The second-order valence-corrected chi connectivity index (χ2v) is 6.98. The van der Waals surface area contributed by atoms with Crippen molar-refractivity contribution in [1.82, 2.24) is 14.9 Å². The van der Waals surface area contributed by atoms with E-state index in [0.717, 1.165) is 22.0 Å². The molecule has 1 heterocycles. The number of thioether (sulfide) groups is 1. The van der Waals surface area contributed by atoms with Gasteiger partial charge >= 0.3 is 0 Å². The van der Waals surface area contributed by atoms with Crippen LogP contribution in [0.4, 0.5) is 0 Å². The third-order valence-corrected chi connectivity index (χ3v) is 5.41. The van der Waals surface area contributed by atoms with Crippen molar-refractivity contribution in [2.45, 2.75) is 24.3 Å². The van der Waals surface area contributed by atoms with Gasteiger partial charge in [0.15, 0.2) is 5.16 Å². The van der Waals surface area contributed by atoms with Crippen LogP contribution in [0.1, 0.15) is 24.7 Å². The Morgan fingerprint density at radius 2 is 1.65 bits per heavy atom. The first-order valence-corrected chi connectivity index (χ1v) is 9.71. The highest BCUT2D eigenvalue weighted by molar-refractivity contribution is 8.00. The minimum Gasteiger partial charge on any atom is -0.342 e. The van der Waals surface area contributed by atoms with Gasteiger partial charge in [0, 0.05) is 13.1 Å². The maximum atomic E-state index is 13.1. The van der Waals surface area contributed by atoms with E-state index in [1.807, 2.05) is 85.6 Å². The van der Waals surface area contributed by atoms with E-state index < -0.39 is 0 Å². The van der Waals surface area contributed by atoms with Gasteiger partial charge in [-0.1, -0.05) is 72.4 Å². The van der Waals surface area contributed by atoms with Crippen LogP contribution in [0.3, 0.4) is 0 Å². The van der Waals surface area contributed by atoms with Gasteiger partial charge in [0.05, 0.1) is 11.9 Å². The number of H-pyrrole nitrogens is 1. The highest BCUT2D eigenvalue weighted by Gasteiger charge is 2.26. The van der Waals surface area contributed by atoms with Crippen LogP contribution in [0.25, 0.3) is 11.3 Å². The van der Waals surface area contributed by atoms with Gasteiger partial charge in [0.25, 0.3) is 0 Å². The average molecular weight is 366 g/mol. The molecule has 0 unspecified atom stereocenters. The molecule has 1 aromatic heterocycles. The van der Waals surface area contributed by atoms with Crippen LogP contribution in [-0.2, 0) is 4.79 Å². The number of benzene rings is 2. The van der Waals surface area contributed by atoms with Crippen molar-refractivity contribution in [3.8, 4) is 11.3 Å². The van der Waals surface area contributed by atoms with Crippen LogP contribution >= 0.6 is 11.8 Å². The largest absolute Gasteiger partial charge is 0.342 e. The summed E-state index contributed by atoms with van der Waals surface area (Å²) >= 11 is 1.47. The molecule has 0 aliphatic carbocycles. The van der Waals surface area contributed by atoms with Gasteiger partial charge in [-0.15, -0.1) is 0 Å². The number of carbonyl (C=O) groups is 1. The number of aromatic nitrogens is 2. The minimum atomic E-state index is -0.314. The number of rotatable bonds is 7. The molecule has 0 spiro atoms. The number of aromatic amines is 1. The van der Waals surface area contributed by atoms with E-state index >= 15 is 0 Å². The fourth-order valence-corrected chi connectivity index (χ4v) is 3.88. The molecule has 1 amide bonds. The summed E-state index contributed by atoms with van der Waals surface area (Å²) in [6, 6.07) is 20.0. The van der Waals surface area contributed by atoms with E-state index in [1.54, 1.807) is 0 Å². The molecule has 0 fully saturated rings. The van der Waals surface area contributed by atoms with Gasteiger partial charge in [-0.3, -0.25) is 4.79 Å². The first kappa shape index (κ1) is 18.3. The number of nitrogens with zero attached hydrogens (tertiary/aromatic N) is 2. The first-order chi connectivity index (χ1) is 12.7. The lowest BCUT2D eigenvalue weighted by Crippen LogP contribution is -2.33. The van der Waals surface area contributed by atoms with E-state index in [-0.39, 0.29) is 11.2 Å². The van der Waals surface area contributed by atoms with Crippen molar-refractivity contribution < 1.29 is 4.79 Å². The van der Waals surface area contributed by atoms with Crippen molar-refractivity contribution >= 4 is 17.7 Å². The zero-order valence-electron chi connectivity index (χ0n) is 15.1. The number of hydrogen-bond donors (Lipinski definition) is 1. The Kier molecular flexibility index (Phi) is 6.12. The monoisotopic (exact) mass is 365 g/mol. The number of carbonyl (C=O) groups excluding carboxylic acids is 1. The van der Waals surface area contributed by atoms with Crippen molar-refractivity contribution in [2.24, 2.45) is 0 Å². The molecule has 2 aromatic carbocycles. The number of hydrogen-bond acceptors (Lipinski definition) is 3. The van der Waals surface area contributed by atoms with Crippen LogP contribution in [0.2, 0.25) is 0 Å². The smallest absolute Gasteiger partial charge is 0.240 e. The molecule has 3 rings (SSSR count). The Morgan fingerprint density at radius 1 is 1.04 bits per heavy atom. The summed E-state index contributed by atoms with van der Waals surface area (Å²) in [5.74, 6) is 0.115. The summed E-state index contributed by atoms with van der Waals surface area (Å²) < 4.78 is 0. The molecule has 0 radical (unpaired) electrons. The third kappa shape index (κ3) is 4.17. The topological polar surface area (TPSA) is 49.0 Å². The SMILES string of the molecule is CCN(CC)C(=O)[C@@H](Sc1ncc(-c2ccccc2)[nH]1)c1ccccc1. The summed E-state index contributed by atoms with van der Waals surface area (Å²) in [7, 11) is 0. The van der Waals surface area contributed by atoms with Gasteiger partial charge in [0.2, 0.25) is 5.91 Å². The fraction of sp³-hybridized carbons (Fsp3) is 0.238. The van der Waals surface area contributed by atoms with Crippen molar-refractivity contribution in [2.75, 3.05) is 13.1 Å². The van der Waals surface area contributed by atoms with Crippen LogP contribution in [0.5, 0.6) is 0 Å². The maximum absolute atomic E-state index is 13.1. The molecule has 1 atom stereocenters. The normalized spacial score (nSPS) is 11.9. The Morgan fingerprint density at radius 3 is 2.27 bits per heavy atom. The Balaban J connectivity index is 1.87. The lowest BCUT2D eigenvalue weighted by molar-refractivity contribution is -0.130. The number of imidazole rings is 1. The molecular formula is C21H23N3OS. The summed E-state index contributed by atoms with van der Waals surface area (Å²) in [4.78, 5) is 22.7. The van der Waals surface area contributed by atoms with E-state index in [4.69, 9.17) is 0 Å². The van der Waals surface area contributed by atoms with Crippen LogP contribution in [0.15, 0.2) is 72.0 Å². The van der Waals surface area contributed by atoms with Crippen LogP contribution in [-0.4, -0.2) is 33.9 Å². The van der Waals surface area contributed by atoms with Gasteiger partial charge < -0.3 is 9.88 Å². The van der Waals surface area contributed by atoms with Gasteiger partial charge in [-0.05, 0) is 25.0 Å². The van der Waals surface area contributed by atoms with E-state index in [0.29, 0.717) is 13.1 Å². The predicted molar refractivity (Wildman–Crippen MR) is 107 cm³/mol. The lowest BCUT2D eigenvalue weighted by atomic mass is 10.1. The fourth-order valence-electron chi connectivity index (χ4n) is 2.83. The molecular weight excluding hydrogens is 342 g/mol. The molecule has 3 aromatic rings. The minimum absolute atomic E-state index is 0.115. The third-order valence-electron chi connectivity index (χ3n) is 4.27. The summed E-state index contributed by atoms with van der Waals surface area (Å²) in [5, 5.41) is 0.434. The Hall–Kier alpha value is -2.53. The molecule has 134 valence electrons. The Labute approximate surface area is 158 Å². The van der Waals surface area contributed by atoms with Gasteiger partial charge in [-0.2, -0.15) is 0 Å². The van der Waals surface area contributed by atoms with Crippen molar-refractivity contribution in [3.05, 3.63) is 72.4 Å². The molecule has 4 nitrogen and oxygen atoms in total. The summed E-state index contributed by atoms with van der Waals surface area (Å²) in [6.45, 7) is 5.42. The summed E-state index contributed by atoms with van der Waals surface area (Å²) in [5.41, 5.74) is 3.03. The summed E-state index contributed by atoms with van der Waals surface area (Å²) in [6.07, 6.45) is 1.82. The second-order valence-electron chi connectivity index (χ2n) is 5.89. The molecule has 26 heavy (non-hydrogen) atoms. The van der Waals surface area contributed by atoms with Gasteiger partial charge in [-0.25, -0.2) is 4.98 Å². The quantitative estimate of drug-likeness (QED) is 0.613. The molecule has 0 aliphatic heterocycles. The first-order valence-electron chi connectivity index (χ1n) is 8.83. The number of likely N-dealkylation sites (N-methyl/N-ethyl adjacent to an activating group) is 1. The number of amides is 1. The van der Waals surface area contributed by atoms with Crippen molar-refractivity contribution in [3.63, 3.8) is 0 Å².